The van der Waals surface area contributed by atoms with Crippen molar-refractivity contribution in [1.29, 1.82) is 0 Å². The summed E-state index contributed by atoms with van der Waals surface area (Å²) in [4.78, 5) is 37.4. The number of carbonyl (C=O) groups is 2. The Hall–Kier alpha value is -3.37. The summed E-state index contributed by atoms with van der Waals surface area (Å²) in [5.41, 5.74) is 1.09. The molecule has 0 bridgehead atoms. The molecule has 0 saturated carbocycles. The molecule has 1 N–H and O–H groups in total. The molecule has 11 heteroatoms. The fourth-order valence-corrected chi connectivity index (χ4v) is 3.55. The summed E-state index contributed by atoms with van der Waals surface area (Å²) in [6.07, 6.45) is 0.828. The highest BCUT2D eigenvalue weighted by atomic mass is 16.6. The number of ether oxygens (including phenoxy) is 2. The molecule has 11 nitrogen and oxygen atoms in total. The van der Waals surface area contributed by atoms with Crippen LogP contribution in [0, 0.1) is 6.92 Å². The minimum absolute atomic E-state index is 0.308. The Bertz CT molecular complexity index is 1040. The topological polar surface area (TPSA) is 115 Å². The number of nitrogens with zero attached hydrogens (tertiary/aromatic N) is 6. The van der Waals surface area contributed by atoms with Gasteiger partial charge in [-0.2, -0.15) is 5.10 Å². The van der Waals surface area contributed by atoms with Crippen molar-refractivity contribution in [3.8, 4) is 11.4 Å². The second kappa shape index (κ2) is 9.47. The molecule has 1 aliphatic rings. The third-order valence-corrected chi connectivity index (χ3v) is 5.00. The summed E-state index contributed by atoms with van der Waals surface area (Å²) in [5, 5.41) is 7.14. The molecule has 0 aliphatic carbocycles. The van der Waals surface area contributed by atoms with Crippen molar-refractivity contribution in [1.82, 2.24) is 24.6 Å². The molecular formula is C23H35N7O4. The summed E-state index contributed by atoms with van der Waals surface area (Å²) in [6.45, 7) is 15.1. The number of carbonyl (C=O) groups excluding carboxylic acids is 2. The lowest BCUT2D eigenvalue weighted by Crippen LogP contribution is -2.50. The predicted molar refractivity (Wildman–Crippen MR) is 129 cm³/mol. The Labute approximate surface area is 200 Å². The number of hydrogen-bond donors (Lipinski definition) is 1. The van der Waals surface area contributed by atoms with Crippen molar-refractivity contribution in [3.63, 3.8) is 0 Å². The maximum Gasteiger partial charge on any atom is 0.413 e. The molecule has 0 spiro atoms. The van der Waals surface area contributed by atoms with E-state index in [2.05, 4.69) is 15.4 Å². The first-order valence-electron chi connectivity index (χ1n) is 11.3. The zero-order valence-electron chi connectivity index (χ0n) is 21.3. The molecule has 34 heavy (non-hydrogen) atoms. The number of amides is 2. The first-order valence-corrected chi connectivity index (χ1v) is 11.3. The average molecular weight is 474 g/mol. The quantitative estimate of drug-likeness (QED) is 0.719. The Morgan fingerprint density at radius 2 is 1.62 bits per heavy atom. The van der Waals surface area contributed by atoms with Crippen LogP contribution >= 0.6 is 0 Å². The minimum atomic E-state index is -0.606. The Morgan fingerprint density at radius 1 is 1.00 bits per heavy atom. The van der Waals surface area contributed by atoms with Gasteiger partial charge in [0.1, 0.15) is 11.2 Å². The normalized spacial score (nSPS) is 14.7. The van der Waals surface area contributed by atoms with Crippen LogP contribution in [0.5, 0.6) is 0 Å². The monoisotopic (exact) mass is 473 g/mol. The van der Waals surface area contributed by atoms with Gasteiger partial charge in [-0.3, -0.25) is 10.00 Å². The SMILES string of the molecule is Cc1c(NC(=O)OC(C)(C)C)nn(C)c1-c1ccnc(N2CCN(C(=O)OC(C)(C)C)CC2)n1. The van der Waals surface area contributed by atoms with E-state index in [0.29, 0.717) is 43.6 Å². The fraction of sp³-hybridized carbons (Fsp3) is 0.609. The van der Waals surface area contributed by atoms with E-state index < -0.39 is 17.3 Å². The Balaban J connectivity index is 1.72. The summed E-state index contributed by atoms with van der Waals surface area (Å²) in [7, 11) is 1.80. The van der Waals surface area contributed by atoms with Gasteiger partial charge in [0, 0.05) is 45.0 Å². The second-order valence-corrected chi connectivity index (χ2v) is 10.3. The third-order valence-electron chi connectivity index (χ3n) is 5.00. The van der Waals surface area contributed by atoms with E-state index in [1.54, 1.807) is 43.6 Å². The number of aryl methyl sites for hydroxylation is 1. The number of nitrogens with one attached hydrogen (secondary N) is 1. The highest BCUT2D eigenvalue weighted by Crippen LogP contribution is 2.28. The molecule has 1 aliphatic heterocycles. The summed E-state index contributed by atoms with van der Waals surface area (Å²) >= 11 is 0. The van der Waals surface area contributed by atoms with Gasteiger partial charge in [-0.1, -0.05) is 0 Å². The maximum atomic E-state index is 12.3. The predicted octanol–water partition coefficient (Wildman–Crippen LogP) is 3.59. The average Bonchev–Trinajstić information content (AvgIpc) is 2.98. The molecule has 186 valence electrons. The van der Waals surface area contributed by atoms with E-state index in [4.69, 9.17) is 14.5 Å². The van der Waals surface area contributed by atoms with E-state index in [0.717, 1.165) is 11.3 Å². The van der Waals surface area contributed by atoms with Gasteiger partial charge in [0.05, 0.1) is 11.4 Å². The highest BCUT2D eigenvalue weighted by Gasteiger charge is 2.27. The summed E-state index contributed by atoms with van der Waals surface area (Å²) in [5.74, 6) is 0.987. The lowest BCUT2D eigenvalue weighted by molar-refractivity contribution is 0.0240. The summed E-state index contributed by atoms with van der Waals surface area (Å²) in [6, 6.07) is 1.81. The van der Waals surface area contributed by atoms with Crippen LogP contribution in [0.1, 0.15) is 47.1 Å². The number of piperazine rings is 1. The van der Waals surface area contributed by atoms with Gasteiger partial charge in [0.15, 0.2) is 5.82 Å². The van der Waals surface area contributed by atoms with Crippen molar-refractivity contribution in [2.45, 2.75) is 59.7 Å². The fourth-order valence-electron chi connectivity index (χ4n) is 3.55. The van der Waals surface area contributed by atoms with Crippen LogP contribution in [0.2, 0.25) is 0 Å². The minimum Gasteiger partial charge on any atom is -0.444 e. The van der Waals surface area contributed by atoms with E-state index in [1.165, 1.54) is 0 Å². The molecular weight excluding hydrogens is 438 g/mol. The van der Waals surface area contributed by atoms with Crippen molar-refractivity contribution in [3.05, 3.63) is 17.8 Å². The Kier molecular flexibility index (Phi) is 7.04. The number of hydrogen-bond acceptors (Lipinski definition) is 8. The van der Waals surface area contributed by atoms with Crippen LogP contribution < -0.4 is 10.2 Å². The molecule has 0 unspecified atom stereocenters. The van der Waals surface area contributed by atoms with Crippen LogP contribution in [-0.4, -0.2) is 74.2 Å². The van der Waals surface area contributed by atoms with Gasteiger partial charge < -0.3 is 19.3 Å². The first-order chi connectivity index (χ1) is 15.7. The molecule has 2 aromatic rings. The molecule has 1 saturated heterocycles. The van der Waals surface area contributed by atoms with Crippen LogP contribution in [0.15, 0.2) is 12.3 Å². The van der Waals surface area contributed by atoms with Crippen molar-refractivity contribution in [2.75, 3.05) is 36.4 Å². The molecule has 2 aromatic heterocycles. The third kappa shape index (κ3) is 6.36. The molecule has 0 aromatic carbocycles. The van der Waals surface area contributed by atoms with Gasteiger partial charge >= 0.3 is 12.2 Å². The zero-order valence-corrected chi connectivity index (χ0v) is 21.3. The van der Waals surface area contributed by atoms with Crippen molar-refractivity contribution in [2.24, 2.45) is 7.05 Å². The molecule has 3 rings (SSSR count). The van der Waals surface area contributed by atoms with Gasteiger partial charge in [0.2, 0.25) is 5.95 Å². The first kappa shape index (κ1) is 25.3. The van der Waals surface area contributed by atoms with E-state index in [9.17, 15) is 9.59 Å². The summed E-state index contributed by atoms with van der Waals surface area (Å²) < 4.78 is 12.5. The van der Waals surface area contributed by atoms with Gasteiger partial charge in [0.25, 0.3) is 0 Å². The second-order valence-electron chi connectivity index (χ2n) is 10.3. The molecule has 1 fully saturated rings. The van der Waals surface area contributed by atoms with Gasteiger partial charge in [-0.05, 0) is 54.5 Å². The van der Waals surface area contributed by atoms with Crippen molar-refractivity contribution < 1.29 is 19.1 Å². The van der Waals surface area contributed by atoms with E-state index in [1.807, 2.05) is 38.7 Å². The number of aromatic nitrogens is 4. The molecule has 2 amide bonds. The standard InChI is InChI=1S/C23H35N7O4/c1-15-17(28(8)27-18(15)26-20(31)33-22(2,3)4)16-9-10-24-19(25-16)29-11-13-30(14-12-29)21(32)34-23(5,6)7/h9-10H,11-14H2,1-8H3,(H,26,27,31). The van der Waals surface area contributed by atoms with Crippen LogP contribution in [0.4, 0.5) is 21.4 Å². The van der Waals surface area contributed by atoms with Crippen LogP contribution in [0.3, 0.4) is 0 Å². The van der Waals surface area contributed by atoms with Crippen molar-refractivity contribution >= 4 is 24.0 Å². The maximum absolute atomic E-state index is 12.3. The highest BCUT2D eigenvalue weighted by molar-refractivity contribution is 5.86. The lowest BCUT2D eigenvalue weighted by atomic mass is 10.2. The van der Waals surface area contributed by atoms with E-state index >= 15 is 0 Å². The van der Waals surface area contributed by atoms with Crippen LogP contribution in [0.25, 0.3) is 11.4 Å². The smallest absolute Gasteiger partial charge is 0.413 e. The lowest BCUT2D eigenvalue weighted by Gasteiger charge is -2.35. The van der Waals surface area contributed by atoms with Crippen LogP contribution in [-0.2, 0) is 16.5 Å². The van der Waals surface area contributed by atoms with Gasteiger partial charge in [-0.15, -0.1) is 0 Å². The zero-order chi connectivity index (χ0) is 25.3. The molecule has 0 atom stereocenters. The molecule has 3 heterocycles. The van der Waals surface area contributed by atoms with E-state index in [-0.39, 0.29) is 6.09 Å². The van der Waals surface area contributed by atoms with Gasteiger partial charge in [-0.25, -0.2) is 19.6 Å². The largest absolute Gasteiger partial charge is 0.444 e. The Morgan fingerprint density at radius 3 is 2.21 bits per heavy atom. The molecule has 0 radical (unpaired) electrons. The number of anilines is 2. The number of rotatable bonds is 3.